The van der Waals surface area contributed by atoms with E-state index >= 15 is 0 Å². The van der Waals surface area contributed by atoms with Crippen LogP contribution in [0.3, 0.4) is 0 Å². The number of aliphatic hydroxyl groups is 1. The molecule has 0 aliphatic carbocycles. The molecule has 3 nitrogen and oxygen atoms in total. The number of piperidine rings is 1. The van der Waals surface area contributed by atoms with Gasteiger partial charge < -0.3 is 10.8 Å². The molecule has 1 fully saturated rings. The summed E-state index contributed by atoms with van der Waals surface area (Å²) in [6, 6.07) is 2.44. The molecule has 3 N–H and O–H groups in total. The van der Waals surface area contributed by atoms with Gasteiger partial charge >= 0.3 is 0 Å². The summed E-state index contributed by atoms with van der Waals surface area (Å²) in [5, 5.41) is 11.9. The standard InChI is InChI=1S/C12H19BrN2OS/c1-8-6-15(3-2-11(8)16)10(5-14)12-4-9(13)7-17-12/h4,7-8,10-11,16H,2-3,5-6,14H2,1H3. The summed E-state index contributed by atoms with van der Waals surface area (Å²) in [6.07, 6.45) is 0.698. The van der Waals surface area contributed by atoms with Crippen LogP contribution in [-0.4, -0.2) is 35.7 Å². The molecule has 1 aromatic rings. The Hall–Kier alpha value is 0.0600. The van der Waals surface area contributed by atoms with E-state index in [1.54, 1.807) is 11.3 Å². The lowest BCUT2D eigenvalue weighted by Gasteiger charge is -2.38. The second-order valence-corrected chi connectivity index (χ2v) is 6.61. The van der Waals surface area contributed by atoms with Gasteiger partial charge in [0.25, 0.3) is 0 Å². The third-order valence-corrected chi connectivity index (χ3v) is 5.27. The second kappa shape index (κ2) is 5.80. The van der Waals surface area contributed by atoms with Gasteiger partial charge in [0.2, 0.25) is 0 Å². The van der Waals surface area contributed by atoms with Crippen molar-refractivity contribution in [3.63, 3.8) is 0 Å². The van der Waals surface area contributed by atoms with Crippen LogP contribution in [0.4, 0.5) is 0 Å². The summed E-state index contributed by atoms with van der Waals surface area (Å²) in [6.45, 7) is 4.60. The molecule has 1 saturated heterocycles. The third kappa shape index (κ3) is 3.09. The summed E-state index contributed by atoms with van der Waals surface area (Å²) in [5.41, 5.74) is 5.91. The van der Waals surface area contributed by atoms with Gasteiger partial charge in [-0.05, 0) is 34.3 Å². The number of halogens is 1. The minimum Gasteiger partial charge on any atom is -0.393 e. The zero-order valence-electron chi connectivity index (χ0n) is 9.97. The first-order chi connectivity index (χ1) is 8.11. The van der Waals surface area contributed by atoms with Gasteiger partial charge in [-0.3, -0.25) is 4.90 Å². The number of nitrogens with two attached hydrogens (primary N) is 1. The lowest BCUT2D eigenvalue weighted by Crippen LogP contribution is -2.45. The molecule has 1 aliphatic rings. The van der Waals surface area contributed by atoms with Gasteiger partial charge in [-0.1, -0.05) is 6.92 Å². The molecule has 5 heteroatoms. The van der Waals surface area contributed by atoms with Gasteiger partial charge in [-0.25, -0.2) is 0 Å². The van der Waals surface area contributed by atoms with Crippen LogP contribution in [-0.2, 0) is 0 Å². The molecule has 3 unspecified atom stereocenters. The first-order valence-electron chi connectivity index (χ1n) is 5.98. The first-order valence-corrected chi connectivity index (χ1v) is 7.65. The molecule has 0 saturated carbocycles. The maximum absolute atomic E-state index is 9.76. The molecule has 0 bridgehead atoms. The summed E-state index contributed by atoms with van der Waals surface area (Å²) in [7, 11) is 0. The maximum Gasteiger partial charge on any atom is 0.0590 e. The molecular weight excluding hydrogens is 300 g/mol. The van der Waals surface area contributed by atoms with Crippen LogP contribution in [0.1, 0.15) is 24.3 Å². The number of likely N-dealkylation sites (tertiary alicyclic amines) is 1. The van der Waals surface area contributed by atoms with E-state index in [2.05, 4.69) is 39.2 Å². The van der Waals surface area contributed by atoms with E-state index < -0.39 is 0 Å². The molecule has 0 aromatic carbocycles. The lowest BCUT2D eigenvalue weighted by molar-refractivity contribution is 0.0187. The summed E-state index contributed by atoms with van der Waals surface area (Å²) >= 11 is 5.23. The van der Waals surface area contributed by atoms with Gasteiger partial charge in [0.05, 0.1) is 12.1 Å². The fraction of sp³-hybridized carbons (Fsp3) is 0.667. The normalized spacial score (nSPS) is 28.2. The molecule has 1 aromatic heterocycles. The highest BCUT2D eigenvalue weighted by Gasteiger charge is 2.29. The highest BCUT2D eigenvalue weighted by atomic mass is 79.9. The molecule has 3 atom stereocenters. The van der Waals surface area contributed by atoms with Crippen molar-refractivity contribution in [2.45, 2.75) is 25.5 Å². The smallest absolute Gasteiger partial charge is 0.0590 e. The fourth-order valence-corrected chi connectivity index (χ4v) is 3.99. The van der Waals surface area contributed by atoms with Crippen molar-refractivity contribution in [2.75, 3.05) is 19.6 Å². The Labute approximate surface area is 115 Å². The minimum atomic E-state index is -0.153. The predicted molar refractivity (Wildman–Crippen MR) is 75.2 cm³/mol. The van der Waals surface area contributed by atoms with Gasteiger partial charge in [-0.2, -0.15) is 0 Å². The maximum atomic E-state index is 9.76. The van der Waals surface area contributed by atoms with E-state index in [0.29, 0.717) is 18.5 Å². The first kappa shape index (κ1) is 13.5. The van der Waals surface area contributed by atoms with E-state index in [9.17, 15) is 5.11 Å². The largest absolute Gasteiger partial charge is 0.393 e. The van der Waals surface area contributed by atoms with Crippen LogP contribution in [0.15, 0.2) is 15.9 Å². The number of aliphatic hydroxyl groups excluding tert-OH is 1. The van der Waals surface area contributed by atoms with Crippen molar-refractivity contribution in [3.05, 3.63) is 20.8 Å². The molecule has 0 radical (unpaired) electrons. The van der Waals surface area contributed by atoms with E-state index in [1.165, 1.54) is 4.88 Å². The molecule has 0 spiro atoms. The second-order valence-electron chi connectivity index (χ2n) is 4.75. The third-order valence-electron chi connectivity index (χ3n) is 3.47. The Morgan fingerprint density at radius 1 is 1.71 bits per heavy atom. The summed E-state index contributed by atoms with van der Waals surface area (Å²) in [5.74, 6) is 0.334. The van der Waals surface area contributed by atoms with Gasteiger partial charge in [0.1, 0.15) is 0 Å². The Morgan fingerprint density at radius 2 is 2.47 bits per heavy atom. The average Bonchev–Trinajstić information content (AvgIpc) is 2.71. The molecule has 0 amide bonds. The Balaban J connectivity index is 2.08. The highest BCUT2D eigenvalue weighted by Crippen LogP contribution is 2.31. The molecular formula is C12H19BrN2OS. The van der Waals surface area contributed by atoms with E-state index in [0.717, 1.165) is 24.0 Å². The number of hydrogen-bond acceptors (Lipinski definition) is 4. The van der Waals surface area contributed by atoms with Crippen molar-refractivity contribution in [1.82, 2.24) is 4.90 Å². The lowest BCUT2D eigenvalue weighted by atomic mass is 9.95. The quantitative estimate of drug-likeness (QED) is 0.898. The minimum absolute atomic E-state index is 0.153. The van der Waals surface area contributed by atoms with E-state index in [1.807, 2.05) is 0 Å². The number of hydrogen-bond donors (Lipinski definition) is 2. The number of nitrogens with zero attached hydrogens (tertiary/aromatic N) is 1. The highest BCUT2D eigenvalue weighted by molar-refractivity contribution is 9.10. The Bertz CT molecular complexity index is 371. The van der Waals surface area contributed by atoms with Crippen LogP contribution in [0, 0.1) is 5.92 Å². The monoisotopic (exact) mass is 318 g/mol. The van der Waals surface area contributed by atoms with Crippen molar-refractivity contribution < 1.29 is 5.11 Å². The van der Waals surface area contributed by atoms with Gasteiger partial charge in [0, 0.05) is 34.4 Å². The number of rotatable bonds is 3. The Morgan fingerprint density at radius 3 is 3.00 bits per heavy atom. The van der Waals surface area contributed by atoms with Crippen molar-refractivity contribution >= 4 is 27.3 Å². The molecule has 1 aliphatic heterocycles. The van der Waals surface area contributed by atoms with Crippen LogP contribution in [0.5, 0.6) is 0 Å². The topological polar surface area (TPSA) is 49.5 Å². The van der Waals surface area contributed by atoms with Gasteiger partial charge in [-0.15, -0.1) is 11.3 Å². The SMILES string of the molecule is CC1CN(C(CN)c2cc(Br)cs2)CCC1O. The van der Waals surface area contributed by atoms with Crippen LogP contribution in [0.25, 0.3) is 0 Å². The van der Waals surface area contributed by atoms with Crippen molar-refractivity contribution in [3.8, 4) is 0 Å². The average molecular weight is 319 g/mol. The zero-order chi connectivity index (χ0) is 12.4. The van der Waals surface area contributed by atoms with Crippen molar-refractivity contribution in [1.29, 1.82) is 0 Å². The summed E-state index contributed by atoms with van der Waals surface area (Å²) in [4.78, 5) is 3.71. The fourth-order valence-electron chi connectivity index (χ4n) is 2.40. The van der Waals surface area contributed by atoms with Gasteiger partial charge in [0.15, 0.2) is 0 Å². The molecule has 96 valence electrons. The van der Waals surface area contributed by atoms with Crippen LogP contribution in [0.2, 0.25) is 0 Å². The Kier molecular flexibility index (Phi) is 4.60. The van der Waals surface area contributed by atoms with E-state index in [4.69, 9.17) is 5.73 Å². The molecule has 2 heterocycles. The van der Waals surface area contributed by atoms with E-state index in [-0.39, 0.29) is 6.10 Å². The predicted octanol–water partition coefficient (Wildman–Crippen LogP) is 2.21. The van der Waals surface area contributed by atoms with Crippen LogP contribution >= 0.6 is 27.3 Å². The molecule has 2 rings (SSSR count). The molecule has 17 heavy (non-hydrogen) atoms. The van der Waals surface area contributed by atoms with Crippen LogP contribution < -0.4 is 5.73 Å². The summed E-state index contributed by atoms with van der Waals surface area (Å²) < 4.78 is 1.13. The zero-order valence-corrected chi connectivity index (χ0v) is 12.4. The van der Waals surface area contributed by atoms with Crippen molar-refractivity contribution in [2.24, 2.45) is 11.7 Å². The number of thiophene rings is 1.